The van der Waals surface area contributed by atoms with Crippen molar-refractivity contribution < 1.29 is 14.3 Å². The standard InChI is InChI=1S/C20H28N2O3/c1-7-9-17(24-16-11-8-10-14(2)15(16)3)18-21-12-13-22(18)19(23)25-20(4,5)6/h7-8,10-11,17H,1,9,12-13H2,2-6H3. The number of rotatable bonds is 5. The van der Waals surface area contributed by atoms with Crippen LogP contribution in [0.25, 0.3) is 0 Å². The lowest BCUT2D eigenvalue weighted by Crippen LogP contribution is -2.45. The van der Waals surface area contributed by atoms with Gasteiger partial charge in [-0.05, 0) is 51.8 Å². The summed E-state index contributed by atoms with van der Waals surface area (Å²) < 4.78 is 11.7. The highest BCUT2D eigenvalue weighted by Crippen LogP contribution is 2.24. The van der Waals surface area contributed by atoms with Crippen LogP contribution in [0.1, 0.15) is 38.3 Å². The molecule has 1 amide bonds. The molecule has 5 nitrogen and oxygen atoms in total. The van der Waals surface area contributed by atoms with Crippen molar-refractivity contribution >= 4 is 11.9 Å². The van der Waals surface area contributed by atoms with E-state index in [1.165, 1.54) is 0 Å². The topological polar surface area (TPSA) is 51.1 Å². The molecule has 1 aromatic carbocycles. The zero-order chi connectivity index (χ0) is 18.6. The van der Waals surface area contributed by atoms with Gasteiger partial charge in [0.1, 0.15) is 11.4 Å². The maximum atomic E-state index is 12.5. The summed E-state index contributed by atoms with van der Waals surface area (Å²) in [5.41, 5.74) is 1.69. The van der Waals surface area contributed by atoms with Gasteiger partial charge in [-0.2, -0.15) is 0 Å². The van der Waals surface area contributed by atoms with E-state index in [1.54, 1.807) is 11.0 Å². The number of nitrogens with zero attached hydrogens (tertiary/aromatic N) is 2. The van der Waals surface area contributed by atoms with Crippen LogP contribution in [0.5, 0.6) is 5.75 Å². The first-order chi connectivity index (χ1) is 11.7. The summed E-state index contributed by atoms with van der Waals surface area (Å²) in [5, 5.41) is 0. The van der Waals surface area contributed by atoms with Crippen molar-refractivity contribution in [2.45, 2.75) is 52.7 Å². The van der Waals surface area contributed by atoms with Gasteiger partial charge in [0, 0.05) is 6.42 Å². The lowest BCUT2D eigenvalue weighted by molar-refractivity contribution is 0.0370. The number of aliphatic imine (C=N–C) groups is 1. The molecule has 2 rings (SSSR count). The van der Waals surface area contributed by atoms with Crippen LogP contribution in [-0.2, 0) is 4.74 Å². The first-order valence-corrected chi connectivity index (χ1v) is 8.61. The molecule has 0 fully saturated rings. The maximum Gasteiger partial charge on any atom is 0.415 e. The number of amidine groups is 1. The maximum absolute atomic E-state index is 12.5. The monoisotopic (exact) mass is 344 g/mol. The minimum atomic E-state index is -0.549. The fourth-order valence-electron chi connectivity index (χ4n) is 2.60. The number of ether oxygens (including phenoxy) is 2. The van der Waals surface area contributed by atoms with Gasteiger partial charge in [0.15, 0.2) is 11.9 Å². The van der Waals surface area contributed by atoms with E-state index in [1.807, 2.05) is 52.8 Å². The molecule has 0 saturated carbocycles. The van der Waals surface area contributed by atoms with Crippen LogP contribution >= 0.6 is 0 Å². The van der Waals surface area contributed by atoms with E-state index in [9.17, 15) is 4.79 Å². The smallest absolute Gasteiger partial charge is 0.415 e. The molecule has 0 bridgehead atoms. The molecule has 0 aromatic heterocycles. The second kappa shape index (κ2) is 7.72. The van der Waals surface area contributed by atoms with E-state index < -0.39 is 5.60 Å². The largest absolute Gasteiger partial charge is 0.482 e. The minimum Gasteiger partial charge on any atom is -0.482 e. The fourth-order valence-corrected chi connectivity index (χ4v) is 2.60. The Labute approximate surface area is 150 Å². The highest BCUT2D eigenvalue weighted by atomic mass is 16.6. The molecule has 0 radical (unpaired) electrons. The number of carbonyl (C=O) groups is 1. The summed E-state index contributed by atoms with van der Waals surface area (Å²) in [4.78, 5) is 18.6. The van der Waals surface area contributed by atoms with Crippen LogP contribution in [0.15, 0.2) is 35.8 Å². The molecule has 1 aliphatic heterocycles. The second-order valence-electron chi connectivity index (χ2n) is 7.20. The molecule has 136 valence electrons. The first kappa shape index (κ1) is 19.0. The Morgan fingerprint density at radius 2 is 2.12 bits per heavy atom. The van der Waals surface area contributed by atoms with E-state index in [2.05, 4.69) is 11.6 Å². The van der Waals surface area contributed by atoms with Crippen LogP contribution < -0.4 is 4.74 Å². The van der Waals surface area contributed by atoms with E-state index in [0.717, 1.165) is 16.9 Å². The van der Waals surface area contributed by atoms with Crippen LogP contribution in [-0.4, -0.2) is 41.6 Å². The molecule has 25 heavy (non-hydrogen) atoms. The van der Waals surface area contributed by atoms with Crippen molar-refractivity contribution in [3.05, 3.63) is 42.0 Å². The van der Waals surface area contributed by atoms with Crippen LogP contribution in [0.2, 0.25) is 0 Å². The highest BCUT2D eigenvalue weighted by molar-refractivity contribution is 5.99. The predicted octanol–water partition coefficient (Wildman–Crippen LogP) is 4.28. The Hall–Kier alpha value is -2.30. The van der Waals surface area contributed by atoms with Gasteiger partial charge in [-0.1, -0.05) is 18.2 Å². The summed E-state index contributed by atoms with van der Waals surface area (Å²) >= 11 is 0. The van der Waals surface area contributed by atoms with Crippen molar-refractivity contribution in [2.75, 3.05) is 13.1 Å². The van der Waals surface area contributed by atoms with E-state index in [0.29, 0.717) is 25.3 Å². The Kier molecular flexibility index (Phi) is 5.88. The second-order valence-corrected chi connectivity index (χ2v) is 7.20. The lowest BCUT2D eigenvalue weighted by atomic mass is 10.1. The number of carbonyl (C=O) groups excluding carboxylic acids is 1. The molecule has 1 aromatic rings. The number of amides is 1. The molecular weight excluding hydrogens is 316 g/mol. The Bertz CT molecular complexity index is 674. The van der Waals surface area contributed by atoms with Crippen molar-refractivity contribution in [1.82, 2.24) is 4.90 Å². The van der Waals surface area contributed by atoms with Crippen LogP contribution in [0.3, 0.4) is 0 Å². The number of hydrogen-bond donors (Lipinski definition) is 0. The van der Waals surface area contributed by atoms with Crippen molar-refractivity contribution in [3.8, 4) is 5.75 Å². The Morgan fingerprint density at radius 1 is 1.40 bits per heavy atom. The average molecular weight is 344 g/mol. The lowest BCUT2D eigenvalue weighted by Gasteiger charge is -2.28. The molecule has 0 spiro atoms. The molecule has 0 saturated heterocycles. The molecule has 1 unspecified atom stereocenters. The summed E-state index contributed by atoms with van der Waals surface area (Å²) in [7, 11) is 0. The third-order valence-corrected chi connectivity index (χ3v) is 3.98. The quantitative estimate of drug-likeness (QED) is 0.749. The highest BCUT2D eigenvalue weighted by Gasteiger charge is 2.33. The summed E-state index contributed by atoms with van der Waals surface area (Å²) in [6.07, 6.45) is 1.59. The van der Waals surface area contributed by atoms with Gasteiger partial charge in [-0.25, -0.2) is 4.79 Å². The Balaban J connectivity index is 2.22. The molecule has 1 aliphatic rings. The van der Waals surface area contributed by atoms with Gasteiger partial charge in [-0.15, -0.1) is 6.58 Å². The molecule has 0 N–H and O–H groups in total. The molecule has 1 heterocycles. The molecule has 0 aliphatic carbocycles. The van der Waals surface area contributed by atoms with Gasteiger partial charge >= 0.3 is 6.09 Å². The number of aryl methyl sites for hydroxylation is 1. The van der Waals surface area contributed by atoms with E-state index in [-0.39, 0.29) is 12.2 Å². The van der Waals surface area contributed by atoms with E-state index >= 15 is 0 Å². The summed E-state index contributed by atoms with van der Waals surface area (Å²) in [6.45, 7) is 14.5. The average Bonchev–Trinajstić information content (AvgIpc) is 2.99. The zero-order valence-corrected chi connectivity index (χ0v) is 15.8. The normalized spacial score (nSPS) is 15.6. The van der Waals surface area contributed by atoms with Crippen molar-refractivity contribution in [1.29, 1.82) is 0 Å². The third kappa shape index (κ3) is 4.84. The minimum absolute atomic E-state index is 0.368. The van der Waals surface area contributed by atoms with Crippen LogP contribution in [0, 0.1) is 13.8 Å². The van der Waals surface area contributed by atoms with Crippen molar-refractivity contribution in [3.63, 3.8) is 0 Å². The van der Waals surface area contributed by atoms with Crippen molar-refractivity contribution in [2.24, 2.45) is 4.99 Å². The first-order valence-electron chi connectivity index (χ1n) is 8.61. The Morgan fingerprint density at radius 3 is 2.76 bits per heavy atom. The number of benzene rings is 1. The number of hydrogen-bond acceptors (Lipinski definition) is 4. The van der Waals surface area contributed by atoms with Gasteiger partial charge in [0.2, 0.25) is 0 Å². The van der Waals surface area contributed by atoms with Crippen LogP contribution in [0.4, 0.5) is 4.79 Å². The van der Waals surface area contributed by atoms with Gasteiger partial charge in [0.05, 0.1) is 13.1 Å². The van der Waals surface area contributed by atoms with Gasteiger partial charge in [-0.3, -0.25) is 9.89 Å². The molecule has 1 atom stereocenters. The summed E-state index contributed by atoms with van der Waals surface area (Å²) in [5.74, 6) is 1.40. The SMILES string of the molecule is C=CCC(Oc1cccc(C)c1C)C1=NCCN1C(=O)OC(C)(C)C. The molecular formula is C20H28N2O3. The van der Waals surface area contributed by atoms with Gasteiger partial charge in [0.25, 0.3) is 0 Å². The van der Waals surface area contributed by atoms with Gasteiger partial charge < -0.3 is 9.47 Å². The predicted molar refractivity (Wildman–Crippen MR) is 100 cm³/mol. The third-order valence-electron chi connectivity index (χ3n) is 3.98. The summed E-state index contributed by atoms with van der Waals surface area (Å²) in [6, 6.07) is 5.95. The van der Waals surface area contributed by atoms with E-state index in [4.69, 9.17) is 9.47 Å². The fraction of sp³-hybridized carbons (Fsp3) is 0.500. The molecule has 5 heteroatoms. The zero-order valence-electron chi connectivity index (χ0n) is 15.8.